The molecule has 1 atom stereocenters. The van der Waals surface area contributed by atoms with Gasteiger partial charge < -0.3 is 15.0 Å². The second kappa shape index (κ2) is 10.8. The molecule has 0 saturated carbocycles. The van der Waals surface area contributed by atoms with Crippen LogP contribution in [0.3, 0.4) is 0 Å². The van der Waals surface area contributed by atoms with Gasteiger partial charge in [-0.2, -0.15) is 0 Å². The molecule has 0 aliphatic carbocycles. The molecule has 0 bridgehead atoms. The number of rotatable bonds is 9. The Morgan fingerprint density at radius 2 is 1.87 bits per heavy atom. The number of carbonyl (C=O) groups excluding carboxylic acids is 2. The third-order valence-corrected chi connectivity index (χ3v) is 5.13. The molecule has 0 radical (unpaired) electrons. The highest BCUT2D eigenvalue weighted by molar-refractivity contribution is 5.88. The molecule has 6 heteroatoms. The molecule has 0 heterocycles. The van der Waals surface area contributed by atoms with Gasteiger partial charge in [0.25, 0.3) is 5.91 Å². The molecule has 2 amide bonds. The zero-order valence-corrected chi connectivity index (χ0v) is 18.4. The monoisotopic (exact) mass is 414 g/mol. The maximum atomic E-state index is 14.2. The summed E-state index contributed by atoms with van der Waals surface area (Å²) in [5, 5.41) is 2.80. The van der Waals surface area contributed by atoms with Crippen LogP contribution >= 0.6 is 0 Å². The first-order chi connectivity index (χ1) is 14.2. The molecule has 1 N–H and O–H groups in total. The van der Waals surface area contributed by atoms with E-state index in [-0.39, 0.29) is 25.0 Å². The topological polar surface area (TPSA) is 58.6 Å². The SMILES string of the molecule is CCCNC(=O)[C@H](C)N(Cc1ccccc1F)C(=O)COc1cc(C)cc(C)c1C. The lowest BCUT2D eigenvalue weighted by Crippen LogP contribution is -2.49. The number of benzene rings is 2. The Morgan fingerprint density at radius 3 is 2.53 bits per heavy atom. The van der Waals surface area contributed by atoms with Gasteiger partial charge in [-0.15, -0.1) is 0 Å². The molecule has 2 rings (SSSR count). The molecular formula is C24H31FN2O3. The minimum atomic E-state index is -0.757. The summed E-state index contributed by atoms with van der Waals surface area (Å²) in [6, 6.07) is 9.43. The Kier molecular flexibility index (Phi) is 8.39. The number of carbonyl (C=O) groups is 2. The van der Waals surface area contributed by atoms with Crippen molar-refractivity contribution in [2.24, 2.45) is 0 Å². The van der Waals surface area contributed by atoms with Crippen LogP contribution in [0.5, 0.6) is 5.75 Å². The fourth-order valence-electron chi connectivity index (χ4n) is 3.16. The average Bonchev–Trinajstić information content (AvgIpc) is 2.72. The van der Waals surface area contributed by atoms with Crippen molar-refractivity contribution in [1.82, 2.24) is 10.2 Å². The first-order valence-electron chi connectivity index (χ1n) is 10.3. The van der Waals surface area contributed by atoms with Crippen LogP contribution in [-0.2, 0) is 16.1 Å². The molecule has 0 aliphatic rings. The summed E-state index contributed by atoms with van der Waals surface area (Å²) in [5.74, 6) is -0.433. The molecule has 0 aliphatic heterocycles. The Bertz CT molecular complexity index is 898. The summed E-state index contributed by atoms with van der Waals surface area (Å²) in [7, 11) is 0. The molecule has 162 valence electrons. The number of ether oxygens (including phenoxy) is 1. The molecule has 2 aromatic rings. The van der Waals surface area contributed by atoms with Gasteiger partial charge in [0.15, 0.2) is 6.61 Å². The largest absolute Gasteiger partial charge is 0.483 e. The highest BCUT2D eigenvalue weighted by Crippen LogP contribution is 2.23. The second-order valence-corrected chi connectivity index (χ2v) is 7.57. The standard InChI is InChI=1S/C24H31FN2O3/c1-6-11-26-24(29)19(5)27(14-20-9-7-8-10-21(20)25)23(28)15-30-22-13-16(2)12-17(3)18(22)4/h7-10,12-13,19H,6,11,14-15H2,1-5H3,(H,26,29)/t19-/m0/s1. The van der Waals surface area contributed by atoms with E-state index in [9.17, 15) is 14.0 Å². The predicted molar refractivity (Wildman–Crippen MR) is 116 cm³/mol. The molecule has 0 aromatic heterocycles. The molecule has 5 nitrogen and oxygen atoms in total. The molecule has 0 saturated heterocycles. The third-order valence-electron chi connectivity index (χ3n) is 5.13. The van der Waals surface area contributed by atoms with Gasteiger partial charge in [-0.1, -0.05) is 31.2 Å². The van der Waals surface area contributed by atoms with Gasteiger partial charge in [-0.25, -0.2) is 4.39 Å². The van der Waals surface area contributed by atoms with Crippen LogP contribution < -0.4 is 10.1 Å². The Balaban J connectivity index is 2.21. The van der Waals surface area contributed by atoms with Crippen LogP contribution in [-0.4, -0.2) is 35.9 Å². The van der Waals surface area contributed by atoms with Gasteiger partial charge in [0.1, 0.15) is 17.6 Å². The Morgan fingerprint density at radius 1 is 1.17 bits per heavy atom. The number of hydrogen-bond acceptors (Lipinski definition) is 3. The van der Waals surface area contributed by atoms with E-state index < -0.39 is 11.9 Å². The lowest BCUT2D eigenvalue weighted by Gasteiger charge is -2.29. The fourth-order valence-corrected chi connectivity index (χ4v) is 3.16. The Hall–Kier alpha value is -2.89. The lowest BCUT2D eigenvalue weighted by molar-refractivity contribution is -0.142. The van der Waals surface area contributed by atoms with Gasteiger partial charge in [0.05, 0.1) is 0 Å². The highest BCUT2D eigenvalue weighted by atomic mass is 19.1. The van der Waals surface area contributed by atoms with Crippen molar-refractivity contribution >= 4 is 11.8 Å². The summed E-state index contributed by atoms with van der Waals surface area (Å²) in [6.45, 7) is 9.76. The van der Waals surface area contributed by atoms with Crippen LogP contribution in [0, 0.1) is 26.6 Å². The predicted octanol–water partition coefficient (Wildman–Crippen LogP) is 4.07. The molecule has 0 spiro atoms. The van der Waals surface area contributed by atoms with Crippen LogP contribution in [0.1, 0.15) is 42.5 Å². The zero-order valence-electron chi connectivity index (χ0n) is 18.4. The van der Waals surface area contributed by atoms with Crippen LogP contribution in [0.4, 0.5) is 4.39 Å². The number of aryl methyl sites for hydroxylation is 2. The van der Waals surface area contributed by atoms with E-state index >= 15 is 0 Å². The van der Waals surface area contributed by atoms with Crippen molar-refractivity contribution in [2.45, 2.75) is 53.6 Å². The summed E-state index contributed by atoms with van der Waals surface area (Å²) in [6.07, 6.45) is 0.787. The summed E-state index contributed by atoms with van der Waals surface area (Å²) in [5.41, 5.74) is 3.43. The van der Waals surface area contributed by atoms with Crippen molar-refractivity contribution in [1.29, 1.82) is 0 Å². The normalized spacial score (nSPS) is 11.7. The minimum absolute atomic E-state index is 0.0125. The summed E-state index contributed by atoms with van der Waals surface area (Å²) in [4.78, 5) is 26.9. The van der Waals surface area contributed by atoms with Crippen molar-refractivity contribution in [3.05, 3.63) is 64.5 Å². The van der Waals surface area contributed by atoms with E-state index in [1.54, 1.807) is 25.1 Å². The minimum Gasteiger partial charge on any atom is -0.483 e. The van der Waals surface area contributed by atoms with E-state index in [4.69, 9.17) is 4.74 Å². The number of nitrogens with one attached hydrogen (secondary N) is 1. The van der Waals surface area contributed by atoms with E-state index in [2.05, 4.69) is 11.4 Å². The highest BCUT2D eigenvalue weighted by Gasteiger charge is 2.27. The second-order valence-electron chi connectivity index (χ2n) is 7.57. The quantitative estimate of drug-likeness (QED) is 0.673. The number of amides is 2. The van der Waals surface area contributed by atoms with Crippen molar-refractivity contribution in [2.75, 3.05) is 13.2 Å². The molecule has 30 heavy (non-hydrogen) atoms. The smallest absolute Gasteiger partial charge is 0.261 e. The van der Waals surface area contributed by atoms with E-state index in [1.165, 1.54) is 11.0 Å². The first-order valence-corrected chi connectivity index (χ1v) is 10.3. The van der Waals surface area contributed by atoms with Gasteiger partial charge in [-0.05, 0) is 62.9 Å². The fraction of sp³-hybridized carbons (Fsp3) is 0.417. The van der Waals surface area contributed by atoms with Gasteiger partial charge in [0, 0.05) is 18.7 Å². The third kappa shape index (κ3) is 6.05. The molecule has 0 fully saturated rings. The summed E-state index contributed by atoms with van der Waals surface area (Å²) >= 11 is 0. The number of halogens is 1. The van der Waals surface area contributed by atoms with E-state index in [1.807, 2.05) is 33.8 Å². The maximum absolute atomic E-state index is 14.2. The molecular weight excluding hydrogens is 383 g/mol. The maximum Gasteiger partial charge on any atom is 0.261 e. The zero-order chi connectivity index (χ0) is 22.3. The van der Waals surface area contributed by atoms with Crippen LogP contribution in [0.15, 0.2) is 36.4 Å². The van der Waals surface area contributed by atoms with Crippen molar-refractivity contribution in [3.63, 3.8) is 0 Å². The Labute approximate surface area is 178 Å². The van der Waals surface area contributed by atoms with Crippen LogP contribution in [0.25, 0.3) is 0 Å². The number of nitrogens with zero attached hydrogens (tertiary/aromatic N) is 1. The number of hydrogen-bond donors (Lipinski definition) is 1. The molecule has 0 unspecified atom stereocenters. The van der Waals surface area contributed by atoms with Crippen molar-refractivity contribution in [3.8, 4) is 5.75 Å². The lowest BCUT2D eigenvalue weighted by atomic mass is 10.1. The summed E-state index contributed by atoms with van der Waals surface area (Å²) < 4.78 is 20.0. The van der Waals surface area contributed by atoms with E-state index in [0.29, 0.717) is 17.9 Å². The van der Waals surface area contributed by atoms with Crippen molar-refractivity contribution < 1.29 is 18.7 Å². The first kappa shape index (κ1) is 23.4. The van der Waals surface area contributed by atoms with Crippen LogP contribution in [0.2, 0.25) is 0 Å². The molecule has 2 aromatic carbocycles. The van der Waals surface area contributed by atoms with Gasteiger partial charge in [0.2, 0.25) is 5.91 Å². The average molecular weight is 415 g/mol. The van der Waals surface area contributed by atoms with Gasteiger partial charge >= 0.3 is 0 Å². The van der Waals surface area contributed by atoms with Gasteiger partial charge in [-0.3, -0.25) is 9.59 Å². The van der Waals surface area contributed by atoms with E-state index in [0.717, 1.165) is 23.1 Å².